The summed E-state index contributed by atoms with van der Waals surface area (Å²) < 4.78 is 32.8. The van der Waals surface area contributed by atoms with Gasteiger partial charge in [0.05, 0.1) is 21.2 Å². The average molecular weight is 443 g/mol. The Morgan fingerprint density at radius 2 is 1.77 bits per heavy atom. The zero-order valence-corrected chi connectivity index (χ0v) is 17.4. The molecule has 0 saturated carbocycles. The minimum atomic E-state index is -3.75. The van der Waals surface area contributed by atoms with Crippen molar-refractivity contribution in [3.8, 4) is 5.75 Å². The topological polar surface area (TPSA) is 84.5 Å². The van der Waals surface area contributed by atoms with E-state index in [0.29, 0.717) is 18.0 Å². The fourth-order valence-electron chi connectivity index (χ4n) is 2.59. The maximum absolute atomic E-state index is 12.6. The molecule has 0 aliphatic heterocycles. The first-order valence-electron chi connectivity index (χ1n) is 8.91. The molecule has 3 aromatic carbocycles. The first kappa shape index (κ1) is 21.4. The van der Waals surface area contributed by atoms with Gasteiger partial charge in [0.15, 0.2) is 0 Å². The van der Waals surface area contributed by atoms with Crippen LogP contribution in [-0.2, 0) is 10.0 Å². The van der Waals surface area contributed by atoms with E-state index < -0.39 is 15.9 Å². The zero-order chi connectivity index (χ0) is 21.6. The van der Waals surface area contributed by atoms with Crippen molar-refractivity contribution in [2.45, 2.75) is 4.90 Å². The van der Waals surface area contributed by atoms with Gasteiger partial charge in [-0.15, -0.1) is 0 Å². The lowest BCUT2D eigenvalue weighted by atomic mass is 10.2. The van der Waals surface area contributed by atoms with Crippen LogP contribution in [-0.4, -0.2) is 20.9 Å². The van der Waals surface area contributed by atoms with E-state index in [1.54, 1.807) is 48.5 Å². The molecule has 0 bridgehead atoms. The number of benzene rings is 3. The zero-order valence-electron chi connectivity index (χ0n) is 15.8. The number of hydrogen-bond donors (Lipinski definition) is 2. The lowest BCUT2D eigenvalue weighted by Gasteiger charge is -2.11. The molecule has 6 nitrogen and oxygen atoms in total. The van der Waals surface area contributed by atoms with Gasteiger partial charge in [0.1, 0.15) is 12.4 Å². The van der Waals surface area contributed by atoms with E-state index in [1.807, 2.05) is 0 Å². The van der Waals surface area contributed by atoms with Gasteiger partial charge in [0.2, 0.25) is 0 Å². The molecular weight excluding hydrogens is 424 g/mol. The highest BCUT2D eigenvalue weighted by Gasteiger charge is 2.16. The van der Waals surface area contributed by atoms with E-state index >= 15 is 0 Å². The first-order valence-corrected chi connectivity index (χ1v) is 10.8. The fourth-order valence-corrected chi connectivity index (χ4v) is 3.93. The number of amides is 1. The third-order valence-electron chi connectivity index (χ3n) is 3.98. The normalized spacial score (nSPS) is 10.8. The number of ether oxygens (including phenoxy) is 1. The van der Waals surface area contributed by atoms with Crippen molar-refractivity contribution >= 4 is 38.9 Å². The van der Waals surface area contributed by atoms with Crippen LogP contribution in [0.4, 0.5) is 11.4 Å². The summed E-state index contributed by atoms with van der Waals surface area (Å²) >= 11 is 6.23. The van der Waals surface area contributed by atoms with Crippen molar-refractivity contribution in [1.82, 2.24) is 0 Å². The number of hydrogen-bond acceptors (Lipinski definition) is 4. The SMILES string of the molecule is C=CCOc1cccc(NC(=O)c2ccc(NS(=O)(=O)c3ccccc3)cc2Cl)c1. The maximum atomic E-state index is 12.6. The van der Waals surface area contributed by atoms with Gasteiger partial charge in [-0.3, -0.25) is 9.52 Å². The van der Waals surface area contributed by atoms with Gasteiger partial charge < -0.3 is 10.1 Å². The molecule has 0 atom stereocenters. The van der Waals surface area contributed by atoms with Crippen molar-refractivity contribution in [2.75, 3.05) is 16.6 Å². The highest BCUT2D eigenvalue weighted by atomic mass is 35.5. The lowest BCUT2D eigenvalue weighted by molar-refractivity contribution is 0.102. The van der Waals surface area contributed by atoms with Gasteiger partial charge in [-0.25, -0.2) is 8.42 Å². The Hall–Kier alpha value is -3.29. The quantitative estimate of drug-likeness (QED) is 0.483. The van der Waals surface area contributed by atoms with Crippen LogP contribution in [0.2, 0.25) is 5.02 Å². The van der Waals surface area contributed by atoms with Crippen LogP contribution in [0.3, 0.4) is 0 Å². The summed E-state index contributed by atoms with van der Waals surface area (Å²) in [5, 5.41) is 2.85. The summed E-state index contributed by atoms with van der Waals surface area (Å²) in [6.07, 6.45) is 1.62. The van der Waals surface area contributed by atoms with Crippen LogP contribution in [0.25, 0.3) is 0 Å². The highest BCUT2D eigenvalue weighted by Crippen LogP contribution is 2.25. The molecule has 0 radical (unpaired) electrons. The Morgan fingerprint density at radius 3 is 2.47 bits per heavy atom. The second kappa shape index (κ2) is 9.47. The van der Waals surface area contributed by atoms with E-state index in [9.17, 15) is 13.2 Å². The number of carbonyl (C=O) groups excluding carboxylic acids is 1. The van der Waals surface area contributed by atoms with Crippen LogP contribution in [0.1, 0.15) is 10.4 Å². The molecule has 0 unspecified atom stereocenters. The standard InChI is InChI=1S/C22H19ClN2O4S/c1-2-13-29-18-8-6-7-16(14-18)24-22(26)20-12-11-17(15-21(20)23)25-30(27,28)19-9-4-3-5-10-19/h2-12,14-15,25H,1,13H2,(H,24,26). The van der Waals surface area contributed by atoms with Crippen molar-refractivity contribution in [3.05, 3.63) is 96.0 Å². The number of rotatable bonds is 8. The van der Waals surface area contributed by atoms with Crippen LogP contribution in [0.5, 0.6) is 5.75 Å². The molecule has 8 heteroatoms. The Kier molecular flexibility index (Phi) is 6.76. The second-order valence-electron chi connectivity index (χ2n) is 6.19. The molecule has 1 amide bonds. The van der Waals surface area contributed by atoms with Crippen LogP contribution in [0, 0.1) is 0 Å². The third-order valence-corrected chi connectivity index (χ3v) is 5.69. The Labute approximate surface area is 180 Å². The number of nitrogens with one attached hydrogen (secondary N) is 2. The molecule has 2 N–H and O–H groups in total. The van der Waals surface area contributed by atoms with Gasteiger partial charge in [-0.1, -0.05) is 48.5 Å². The summed E-state index contributed by atoms with van der Waals surface area (Å²) in [5.74, 6) is 0.155. The summed E-state index contributed by atoms with van der Waals surface area (Å²) in [5.41, 5.74) is 0.989. The molecule has 3 aromatic rings. The van der Waals surface area contributed by atoms with Crippen LogP contribution >= 0.6 is 11.6 Å². The molecule has 0 fully saturated rings. The minimum Gasteiger partial charge on any atom is -0.489 e. The first-order chi connectivity index (χ1) is 14.4. The van der Waals surface area contributed by atoms with Gasteiger partial charge in [0, 0.05) is 11.8 Å². The monoisotopic (exact) mass is 442 g/mol. The minimum absolute atomic E-state index is 0.111. The van der Waals surface area contributed by atoms with Crippen molar-refractivity contribution in [2.24, 2.45) is 0 Å². The van der Waals surface area contributed by atoms with Gasteiger partial charge in [0.25, 0.3) is 15.9 Å². The highest BCUT2D eigenvalue weighted by molar-refractivity contribution is 7.92. The fraction of sp³-hybridized carbons (Fsp3) is 0.0455. The van der Waals surface area contributed by atoms with Crippen LogP contribution < -0.4 is 14.8 Å². The number of sulfonamides is 1. The van der Waals surface area contributed by atoms with E-state index in [1.165, 1.54) is 30.3 Å². The molecule has 0 aromatic heterocycles. The molecule has 0 saturated heterocycles. The summed E-state index contributed by atoms with van der Waals surface area (Å²) in [4.78, 5) is 12.7. The van der Waals surface area contributed by atoms with E-state index in [4.69, 9.17) is 16.3 Å². The van der Waals surface area contributed by atoms with E-state index in [-0.39, 0.29) is 21.2 Å². The van der Waals surface area contributed by atoms with Crippen molar-refractivity contribution in [3.63, 3.8) is 0 Å². The molecule has 0 aliphatic carbocycles. The number of anilines is 2. The average Bonchev–Trinajstić information content (AvgIpc) is 2.73. The van der Waals surface area contributed by atoms with Crippen molar-refractivity contribution in [1.29, 1.82) is 0 Å². The Morgan fingerprint density at radius 1 is 1.00 bits per heavy atom. The van der Waals surface area contributed by atoms with E-state index in [2.05, 4.69) is 16.6 Å². The van der Waals surface area contributed by atoms with Gasteiger partial charge >= 0.3 is 0 Å². The number of carbonyl (C=O) groups is 1. The molecule has 154 valence electrons. The van der Waals surface area contributed by atoms with Gasteiger partial charge in [-0.2, -0.15) is 0 Å². The summed E-state index contributed by atoms with van der Waals surface area (Å²) in [6.45, 7) is 3.94. The lowest BCUT2D eigenvalue weighted by Crippen LogP contribution is -2.15. The largest absolute Gasteiger partial charge is 0.489 e. The summed E-state index contributed by atoms with van der Waals surface area (Å²) in [7, 11) is -3.75. The molecular formula is C22H19ClN2O4S. The predicted octanol–water partition coefficient (Wildman–Crippen LogP) is 4.96. The maximum Gasteiger partial charge on any atom is 0.261 e. The molecule has 0 heterocycles. The van der Waals surface area contributed by atoms with Gasteiger partial charge in [-0.05, 0) is 42.5 Å². The molecule has 0 aliphatic rings. The second-order valence-corrected chi connectivity index (χ2v) is 8.28. The Balaban J connectivity index is 1.73. The van der Waals surface area contributed by atoms with Crippen molar-refractivity contribution < 1.29 is 17.9 Å². The Bertz CT molecular complexity index is 1160. The third kappa shape index (κ3) is 5.40. The molecule has 30 heavy (non-hydrogen) atoms. The summed E-state index contributed by atoms with van der Waals surface area (Å²) in [6, 6.07) is 19.2. The number of halogens is 1. The molecule has 0 spiro atoms. The van der Waals surface area contributed by atoms with Crippen LogP contribution in [0.15, 0.2) is 90.3 Å². The predicted molar refractivity (Wildman–Crippen MR) is 119 cm³/mol. The van der Waals surface area contributed by atoms with E-state index in [0.717, 1.165) is 0 Å². The molecule has 3 rings (SSSR count). The smallest absolute Gasteiger partial charge is 0.261 e.